The summed E-state index contributed by atoms with van der Waals surface area (Å²) in [5.74, 6) is 0. The van der Waals surface area contributed by atoms with Gasteiger partial charge in [-0.1, -0.05) is 0 Å². The molecule has 0 aromatic rings. The van der Waals surface area contributed by atoms with Gasteiger partial charge in [0.15, 0.2) is 0 Å². The second-order valence-corrected chi connectivity index (χ2v) is 2.17. The summed E-state index contributed by atoms with van der Waals surface area (Å²) in [5, 5.41) is 8.64. The minimum absolute atomic E-state index is 1.15. The van der Waals surface area contributed by atoms with Crippen LogP contribution in [0.15, 0.2) is 21.9 Å². The maximum Gasteiger partial charge on any atom is 0.0595 e. The quantitative estimate of drug-likeness (QED) is 0.375. The van der Waals surface area contributed by atoms with Gasteiger partial charge in [-0.15, -0.1) is 9.05 Å². The summed E-state index contributed by atoms with van der Waals surface area (Å²) in [5.41, 5.74) is 0. The Morgan fingerprint density at radius 2 is 2.57 bits per heavy atom. The first-order valence-corrected chi connectivity index (χ1v) is 2.75. The Bertz CT molecular complexity index is 112. The highest BCUT2D eigenvalue weighted by molar-refractivity contribution is 8.00. The van der Waals surface area contributed by atoms with Gasteiger partial charge in [-0.3, -0.25) is 0 Å². The van der Waals surface area contributed by atoms with Crippen molar-refractivity contribution < 1.29 is 0 Å². The van der Waals surface area contributed by atoms with Crippen LogP contribution < -0.4 is 0 Å². The first kappa shape index (κ1) is 4.93. The zero-order chi connectivity index (χ0) is 5.11. The van der Waals surface area contributed by atoms with Crippen LogP contribution in [-0.2, 0) is 0 Å². The van der Waals surface area contributed by atoms with Crippen LogP contribution in [0.25, 0.3) is 0 Å². The molecule has 0 radical (unpaired) electrons. The largest absolute Gasteiger partial charge is 0.138 e. The van der Waals surface area contributed by atoms with Crippen LogP contribution in [-0.4, -0.2) is 3.93 Å². The minimum Gasteiger partial charge on any atom is -0.138 e. The van der Waals surface area contributed by atoms with E-state index < -0.39 is 0 Å². The van der Waals surface area contributed by atoms with E-state index in [4.69, 9.17) is 11.8 Å². The van der Waals surface area contributed by atoms with Crippen LogP contribution in [0, 0.1) is 0 Å². The van der Waals surface area contributed by atoms with Crippen molar-refractivity contribution in [2.24, 2.45) is 10.3 Å². The van der Waals surface area contributed by atoms with E-state index in [1.807, 2.05) is 0 Å². The summed E-state index contributed by atoms with van der Waals surface area (Å²) in [4.78, 5) is 0. The highest BCUT2D eigenvalue weighted by atomic mass is 35.5. The molecule has 1 aliphatic heterocycles. The van der Waals surface area contributed by atoms with E-state index in [9.17, 15) is 0 Å². The first-order chi connectivity index (χ1) is 3.39. The molecule has 5 heteroatoms. The monoisotopic (exact) mass is 135 g/mol. The van der Waals surface area contributed by atoms with Crippen molar-refractivity contribution >= 4 is 23.7 Å². The van der Waals surface area contributed by atoms with E-state index in [-0.39, 0.29) is 0 Å². The van der Waals surface area contributed by atoms with Crippen molar-refractivity contribution in [3.63, 3.8) is 0 Å². The molecule has 3 nitrogen and oxygen atoms in total. The van der Waals surface area contributed by atoms with Crippen LogP contribution in [0.3, 0.4) is 0 Å². The molecule has 0 aliphatic carbocycles. The lowest BCUT2D eigenvalue weighted by molar-refractivity contribution is 0.724. The molecule has 0 atom stereocenters. The van der Waals surface area contributed by atoms with Gasteiger partial charge in [0.1, 0.15) is 0 Å². The Hall–Kier alpha value is -0.220. The molecular formula is C2H2ClN3S. The predicted molar refractivity (Wildman–Crippen MR) is 29.3 cm³/mol. The maximum atomic E-state index is 5.30. The zero-order valence-electron chi connectivity index (χ0n) is 3.28. The van der Waals surface area contributed by atoms with Crippen molar-refractivity contribution in [1.82, 2.24) is 3.93 Å². The van der Waals surface area contributed by atoms with Gasteiger partial charge in [-0.25, -0.2) is 0 Å². The smallest absolute Gasteiger partial charge is 0.0595 e. The van der Waals surface area contributed by atoms with E-state index in [2.05, 4.69) is 10.3 Å². The molecule has 0 fully saturated rings. The molecule has 0 amide bonds. The fourth-order valence-corrected chi connectivity index (χ4v) is 0.667. The standard InChI is InChI=1S/C2H2ClN3S/c3-6-5-4-1-2-7-6/h1-2H. The normalized spacial score (nSPS) is 18.1. The molecule has 0 aromatic carbocycles. The number of hydrogen-bond acceptors (Lipinski definition) is 4. The Kier molecular flexibility index (Phi) is 1.54. The molecule has 0 saturated carbocycles. The lowest BCUT2D eigenvalue weighted by atomic mass is 11.1. The number of halogens is 1. The molecule has 0 aromatic heterocycles. The van der Waals surface area contributed by atoms with Crippen LogP contribution in [0.5, 0.6) is 0 Å². The highest BCUT2D eigenvalue weighted by Crippen LogP contribution is 2.18. The molecular weight excluding hydrogens is 134 g/mol. The zero-order valence-corrected chi connectivity index (χ0v) is 4.85. The van der Waals surface area contributed by atoms with Gasteiger partial charge in [0, 0.05) is 29.1 Å². The summed E-state index contributed by atoms with van der Waals surface area (Å²) in [7, 11) is 0. The van der Waals surface area contributed by atoms with Crippen molar-refractivity contribution in [3.05, 3.63) is 11.6 Å². The third-order valence-electron chi connectivity index (χ3n) is 0.397. The van der Waals surface area contributed by atoms with E-state index in [0.717, 1.165) is 3.93 Å². The van der Waals surface area contributed by atoms with Gasteiger partial charge in [0.2, 0.25) is 0 Å². The van der Waals surface area contributed by atoms with Crippen molar-refractivity contribution in [1.29, 1.82) is 0 Å². The molecule has 7 heavy (non-hydrogen) atoms. The van der Waals surface area contributed by atoms with E-state index >= 15 is 0 Å². The second-order valence-electron chi connectivity index (χ2n) is 0.822. The summed E-state index contributed by atoms with van der Waals surface area (Å²) in [6.07, 6.45) is 1.57. The maximum absolute atomic E-state index is 5.30. The number of rotatable bonds is 0. The Morgan fingerprint density at radius 3 is 2.86 bits per heavy atom. The van der Waals surface area contributed by atoms with Crippen molar-refractivity contribution in [3.8, 4) is 0 Å². The third-order valence-corrected chi connectivity index (χ3v) is 1.19. The number of hydrogen-bond donors (Lipinski definition) is 0. The Morgan fingerprint density at radius 1 is 1.71 bits per heavy atom. The molecule has 0 N–H and O–H groups in total. The molecule has 0 unspecified atom stereocenters. The third kappa shape index (κ3) is 1.36. The van der Waals surface area contributed by atoms with Gasteiger partial charge in [-0.2, -0.15) is 0 Å². The van der Waals surface area contributed by atoms with Gasteiger partial charge in [0.25, 0.3) is 0 Å². The Balaban J connectivity index is 2.49. The molecule has 1 heterocycles. The van der Waals surface area contributed by atoms with Crippen molar-refractivity contribution in [2.75, 3.05) is 0 Å². The minimum atomic E-state index is 1.15. The fraction of sp³-hybridized carbons (Fsp3) is 0. The molecule has 0 spiro atoms. The van der Waals surface area contributed by atoms with E-state index in [0.29, 0.717) is 0 Å². The molecule has 0 saturated heterocycles. The van der Waals surface area contributed by atoms with Gasteiger partial charge in [-0.05, 0) is 5.22 Å². The molecule has 0 bridgehead atoms. The summed E-state index contributed by atoms with van der Waals surface area (Å²) < 4.78 is 1.15. The van der Waals surface area contributed by atoms with E-state index in [1.54, 1.807) is 11.6 Å². The molecule has 1 rings (SSSR count). The highest BCUT2D eigenvalue weighted by Gasteiger charge is 1.93. The topological polar surface area (TPSA) is 28.0 Å². The molecule has 38 valence electrons. The SMILES string of the molecule is ClN1N=NC=CS1. The fourth-order valence-electron chi connectivity index (χ4n) is 0.196. The Labute approximate surface area is 50.3 Å². The van der Waals surface area contributed by atoms with Gasteiger partial charge < -0.3 is 0 Å². The van der Waals surface area contributed by atoms with Crippen LogP contribution >= 0.6 is 23.7 Å². The average Bonchev–Trinajstić information content (AvgIpc) is 1.69. The lowest BCUT2D eigenvalue weighted by Gasteiger charge is -2.01. The second kappa shape index (κ2) is 2.18. The van der Waals surface area contributed by atoms with Crippen LogP contribution in [0.2, 0.25) is 0 Å². The van der Waals surface area contributed by atoms with Crippen LogP contribution in [0.4, 0.5) is 0 Å². The lowest BCUT2D eigenvalue weighted by Crippen LogP contribution is -1.87. The summed E-state index contributed by atoms with van der Waals surface area (Å²) in [6.45, 7) is 0. The van der Waals surface area contributed by atoms with Crippen LogP contribution in [0.1, 0.15) is 0 Å². The average molecular weight is 136 g/mol. The first-order valence-electron chi connectivity index (χ1n) is 1.58. The number of nitrogens with zero attached hydrogens (tertiary/aromatic N) is 3. The predicted octanol–water partition coefficient (Wildman–Crippen LogP) is 1.94. The van der Waals surface area contributed by atoms with Gasteiger partial charge >= 0.3 is 0 Å². The van der Waals surface area contributed by atoms with E-state index in [1.165, 1.54) is 11.9 Å². The molecule has 1 aliphatic rings. The van der Waals surface area contributed by atoms with Crippen molar-refractivity contribution in [2.45, 2.75) is 0 Å². The summed E-state index contributed by atoms with van der Waals surface area (Å²) in [6, 6.07) is 0. The van der Waals surface area contributed by atoms with Gasteiger partial charge in [0.05, 0.1) is 6.20 Å². The summed E-state index contributed by atoms with van der Waals surface area (Å²) >= 11 is 6.58.